The molecule has 1 N–H and O–H groups in total. The molecule has 0 atom stereocenters. The molecule has 2 aromatic carbocycles. The van der Waals surface area contributed by atoms with Gasteiger partial charge in [0.1, 0.15) is 12.4 Å². The van der Waals surface area contributed by atoms with Crippen molar-refractivity contribution in [2.45, 2.75) is 6.54 Å². The monoisotopic (exact) mass is 423 g/mol. The molecule has 3 rings (SSSR count). The highest BCUT2D eigenvalue weighted by Gasteiger charge is 2.28. The first kappa shape index (κ1) is 21.2. The van der Waals surface area contributed by atoms with Crippen LogP contribution in [0.4, 0.5) is 4.39 Å². The van der Waals surface area contributed by atoms with E-state index >= 15 is 0 Å². The van der Waals surface area contributed by atoms with Crippen LogP contribution in [0.25, 0.3) is 0 Å². The number of quaternary nitrogens is 1. The van der Waals surface area contributed by atoms with Gasteiger partial charge in [-0.2, -0.15) is 0 Å². The van der Waals surface area contributed by atoms with Crippen LogP contribution in [-0.2, 0) is 6.54 Å². The van der Waals surface area contributed by atoms with Crippen LogP contribution in [0.5, 0.6) is 17.2 Å². The van der Waals surface area contributed by atoms with E-state index in [1.807, 2.05) is 12.1 Å². The lowest BCUT2D eigenvalue weighted by atomic mass is 10.1. The van der Waals surface area contributed by atoms with E-state index < -0.39 is 5.82 Å². The van der Waals surface area contributed by atoms with Crippen LogP contribution in [-0.4, -0.2) is 58.3 Å². The summed E-state index contributed by atoms with van der Waals surface area (Å²) in [5.74, 6) is 0.954. The van der Waals surface area contributed by atoms with Crippen LogP contribution >= 0.6 is 11.6 Å². The molecule has 0 spiro atoms. The van der Waals surface area contributed by atoms with Crippen LogP contribution in [0.3, 0.4) is 0 Å². The summed E-state index contributed by atoms with van der Waals surface area (Å²) in [6.07, 6.45) is 0. The van der Waals surface area contributed by atoms with Gasteiger partial charge >= 0.3 is 0 Å². The molecular formula is C21H25ClFN2O4+. The van der Waals surface area contributed by atoms with Gasteiger partial charge in [-0.25, -0.2) is 4.39 Å². The first-order chi connectivity index (χ1) is 14.0. The van der Waals surface area contributed by atoms with Crippen LogP contribution in [0.1, 0.15) is 15.9 Å². The Balaban J connectivity index is 1.67. The standard InChI is InChI=1S/C21H24ClFN2O4/c1-27-18-7-4-14(19(28-2)20(18)29-3)13-24-8-10-25(11-9-24)21(26)16-12-15(22)5-6-17(16)23/h4-7,12H,8-11,13H2,1-3H3/p+1. The van der Waals surface area contributed by atoms with Crippen molar-refractivity contribution in [3.63, 3.8) is 0 Å². The minimum absolute atomic E-state index is 0.0162. The van der Waals surface area contributed by atoms with E-state index in [-0.39, 0.29) is 11.5 Å². The van der Waals surface area contributed by atoms with Gasteiger partial charge in [-0.15, -0.1) is 0 Å². The van der Waals surface area contributed by atoms with Gasteiger partial charge in [-0.3, -0.25) is 4.79 Å². The quantitative estimate of drug-likeness (QED) is 0.772. The van der Waals surface area contributed by atoms with E-state index in [1.54, 1.807) is 26.2 Å². The lowest BCUT2D eigenvalue weighted by Crippen LogP contribution is -3.13. The number of nitrogens with one attached hydrogen (secondary N) is 1. The van der Waals surface area contributed by atoms with Crippen LogP contribution in [0.2, 0.25) is 5.02 Å². The average Bonchev–Trinajstić information content (AvgIpc) is 2.75. The average molecular weight is 424 g/mol. The fourth-order valence-corrected chi connectivity index (χ4v) is 3.78. The molecule has 156 valence electrons. The summed E-state index contributed by atoms with van der Waals surface area (Å²) >= 11 is 5.92. The van der Waals surface area contributed by atoms with E-state index in [2.05, 4.69) is 0 Å². The molecule has 0 radical (unpaired) electrons. The number of hydrogen-bond donors (Lipinski definition) is 1. The molecule has 1 fully saturated rings. The number of hydrogen-bond acceptors (Lipinski definition) is 4. The largest absolute Gasteiger partial charge is 0.493 e. The molecule has 8 heteroatoms. The summed E-state index contributed by atoms with van der Waals surface area (Å²) in [5, 5.41) is 0.347. The fraction of sp³-hybridized carbons (Fsp3) is 0.381. The van der Waals surface area contributed by atoms with Crippen LogP contribution in [0.15, 0.2) is 30.3 Å². The molecule has 2 aromatic rings. The number of piperazine rings is 1. The molecule has 0 unspecified atom stereocenters. The van der Waals surface area contributed by atoms with Crippen molar-refractivity contribution in [3.05, 3.63) is 52.3 Å². The van der Waals surface area contributed by atoms with Crippen LogP contribution < -0.4 is 19.1 Å². The van der Waals surface area contributed by atoms with Gasteiger partial charge < -0.3 is 24.0 Å². The van der Waals surface area contributed by atoms with Crippen LogP contribution in [0, 0.1) is 5.82 Å². The fourth-order valence-electron chi connectivity index (χ4n) is 3.61. The maximum absolute atomic E-state index is 14.0. The van der Waals surface area contributed by atoms with Gasteiger partial charge in [-0.1, -0.05) is 11.6 Å². The Morgan fingerprint density at radius 3 is 2.38 bits per heavy atom. The van der Waals surface area contributed by atoms with E-state index in [0.717, 1.165) is 25.2 Å². The Labute approximate surface area is 174 Å². The summed E-state index contributed by atoms with van der Waals surface area (Å²) in [5.41, 5.74) is 1.02. The van der Waals surface area contributed by atoms with Crippen molar-refractivity contribution in [1.29, 1.82) is 0 Å². The third kappa shape index (κ3) is 4.57. The van der Waals surface area contributed by atoms with Crippen molar-refractivity contribution in [2.75, 3.05) is 47.5 Å². The van der Waals surface area contributed by atoms with Crippen molar-refractivity contribution < 1.29 is 28.3 Å². The predicted octanol–water partition coefficient (Wildman–Crippen LogP) is 2.05. The van der Waals surface area contributed by atoms with Gasteiger partial charge in [0.15, 0.2) is 11.5 Å². The number of halogens is 2. The molecular weight excluding hydrogens is 399 g/mol. The summed E-state index contributed by atoms with van der Waals surface area (Å²) in [6.45, 7) is 3.28. The van der Waals surface area contributed by atoms with Crippen molar-refractivity contribution in [2.24, 2.45) is 0 Å². The molecule has 6 nitrogen and oxygen atoms in total. The summed E-state index contributed by atoms with van der Waals surface area (Å²) in [7, 11) is 4.77. The molecule has 0 bridgehead atoms. The van der Waals surface area contributed by atoms with Gasteiger partial charge in [0, 0.05) is 5.02 Å². The zero-order chi connectivity index (χ0) is 21.0. The van der Waals surface area contributed by atoms with Crippen molar-refractivity contribution in [3.8, 4) is 17.2 Å². The normalized spacial score (nSPS) is 14.6. The highest BCUT2D eigenvalue weighted by atomic mass is 35.5. The van der Waals surface area contributed by atoms with E-state index in [9.17, 15) is 9.18 Å². The van der Waals surface area contributed by atoms with Gasteiger partial charge in [0.2, 0.25) is 5.75 Å². The lowest BCUT2D eigenvalue weighted by molar-refractivity contribution is -0.917. The molecule has 1 aliphatic rings. The molecule has 0 aliphatic carbocycles. The van der Waals surface area contributed by atoms with Crippen molar-refractivity contribution in [1.82, 2.24) is 4.90 Å². The molecule has 29 heavy (non-hydrogen) atoms. The second-order valence-electron chi connectivity index (χ2n) is 6.84. The van der Waals surface area contributed by atoms with Gasteiger partial charge in [0.05, 0.1) is 58.6 Å². The molecule has 1 aliphatic heterocycles. The Morgan fingerprint density at radius 2 is 1.76 bits per heavy atom. The molecule has 0 saturated carbocycles. The summed E-state index contributed by atoms with van der Waals surface area (Å²) in [6, 6.07) is 7.86. The number of carbonyl (C=O) groups excluding carboxylic acids is 1. The first-order valence-electron chi connectivity index (χ1n) is 9.34. The first-order valence-corrected chi connectivity index (χ1v) is 9.72. The number of ether oxygens (including phenoxy) is 3. The van der Waals surface area contributed by atoms with Gasteiger partial charge in [0.25, 0.3) is 5.91 Å². The maximum atomic E-state index is 14.0. The van der Waals surface area contributed by atoms with E-state index in [1.165, 1.54) is 23.1 Å². The number of amides is 1. The predicted molar refractivity (Wildman–Crippen MR) is 108 cm³/mol. The minimum Gasteiger partial charge on any atom is -0.493 e. The Hall–Kier alpha value is -2.51. The third-order valence-electron chi connectivity index (χ3n) is 5.14. The smallest absolute Gasteiger partial charge is 0.257 e. The zero-order valence-corrected chi connectivity index (χ0v) is 17.5. The topological polar surface area (TPSA) is 52.4 Å². The third-order valence-corrected chi connectivity index (χ3v) is 5.38. The second kappa shape index (κ2) is 9.33. The Bertz CT molecular complexity index is 885. The molecule has 0 aromatic heterocycles. The molecule has 1 saturated heterocycles. The highest BCUT2D eigenvalue weighted by molar-refractivity contribution is 6.31. The van der Waals surface area contributed by atoms with Gasteiger partial charge in [-0.05, 0) is 30.3 Å². The van der Waals surface area contributed by atoms with E-state index in [4.69, 9.17) is 25.8 Å². The number of rotatable bonds is 6. The molecule has 1 heterocycles. The number of nitrogens with zero attached hydrogens (tertiary/aromatic N) is 1. The SMILES string of the molecule is COc1ccc(C[NH+]2CCN(C(=O)c3cc(Cl)ccc3F)CC2)c(OC)c1OC. The Morgan fingerprint density at radius 1 is 1.07 bits per heavy atom. The maximum Gasteiger partial charge on any atom is 0.257 e. The zero-order valence-electron chi connectivity index (χ0n) is 16.8. The van der Waals surface area contributed by atoms with Crippen molar-refractivity contribution >= 4 is 17.5 Å². The van der Waals surface area contributed by atoms with E-state index in [0.29, 0.717) is 35.4 Å². The lowest BCUT2D eigenvalue weighted by Gasteiger charge is -2.32. The molecule has 1 amide bonds. The number of benzene rings is 2. The Kier molecular flexibility index (Phi) is 6.82. The number of methoxy groups -OCH3 is 3. The number of carbonyl (C=O) groups is 1. The second-order valence-corrected chi connectivity index (χ2v) is 7.27. The minimum atomic E-state index is -0.552. The summed E-state index contributed by atoms with van der Waals surface area (Å²) in [4.78, 5) is 15.6. The summed E-state index contributed by atoms with van der Waals surface area (Å²) < 4.78 is 30.3. The highest BCUT2D eigenvalue weighted by Crippen LogP contribution is 2.39.